The van der Waals surface area contributed by atoms with E-state index in [9.17, 15) is 9.90 Å². The lowest BCUT2D eigenvalue weighted by Crippen LogP contribution is -2.38. The molecule has 1 rings (SSSR count). The number of rotatable bonds is 4. The molecule has 4 nitrogen and oxygen atoms in total. The van der Waals surface area contributed by atoms with Crippen molar-refractivity contribution in [3.05, 3.63) is 27.7 Å². The van der Waals surface area contributed by atoms with E-state index in [1.165, 1.54) is 12.1 Å². The Hall–Kier alpha value is -0.970. The second-order valence-electron chi connectivity index (χ2n) is 4.20. The van der Waals surface area contributed by atoms with Crippen LogP contribution in [0, 0.1) is 5.92 Å². The summed E-state index contributed by atoms with van der Waals surface area (Å²) in [6.45, 7) is 3.52. The molecule has 0 radical (unpaired) electrons. The van der Waals surface area contributed by atoms with Crippen molar-refractivity contribution < 1.29 is 15.0 Å². The van der Waals surface area contributed by atoms with Crippen molar-refractivity contribution in [1.82, 2.24) is 5.32 Å². The number of aliphatic hydroxyl groups is 1. The number of aromatic hydroxyl groups is 1. The molecule has 1 amide bonds. The van der Waals surface area contributed by atoms with Gasteiger partial charge in [-0.1, -0.05) is 30.1 Å². The second-order valence-corrected chi connectivity index (χ2v) is 5.05. The molecule has 0 aliphatic rings. The van der Waals surface area contributed by atoms with Gasteiger partial charge in [0.25, 0.3) is 5.91 Å². The van der Waals surface area contributed by atoms with Gasteiger partial charge >= 0.3 is 0 Å². The Labute approximate surface area is 116 Å². The Morgan fingerprint density at radius 2 is 2.00 bits per heavy atom. The molecule has 100 valence electrons. The molecule has 1 aromatic rings. The van der Waals surface area contributed by atoms with Gasteiger partial charge in [0.1, 0.15) is 5.75 Å². The average Bonchev–Trinajstić information content (AvgIpc) is 2.26. The number of aliphatic hydroxyl groups excluding tert-OH is 1. The number of phenolic OH excluding ortho intramolecular Hbond substituents is 1. The quantitative estimate of drug-likeness (QED) is 0.798. The average molecular weight is 292 g/mol. The third-order valence-electron chi connectivity index (χ3n) is 2.76. The third-order valence-corrected chi connectivity index (χ3v) is 3.28. The van der Waals surface area contributed by atoms with E-state index in [2.05, 4.69) is 5.32 Å². The van der Waals surface area contributed by atoms with Gasteiger partial charge in [0.15, 0.2) is 0 Å². The standard InChI is InChI=1S/C12H15Cl2NO3/c1-6(5-16)7(2)15-12(18)11-9(14)3-8(13)4-10(11)17/h3-4,6-7,16-17H,5H2,1-2H3,(H,15,18). The topological polar surface area (TPSA) is 69.6 Å². The highest BCUT2D eigenvalue weighted by molar-refractivity contribution is 6.37. The van der Waals surface area contributed by atoms with Crippen molar-refractivity contribution in [3.63, 3.8) is 0 Å². The molecule has 18 heavy (non-hydrogen) atoms. The molecule has 0 bridgehead atoms. The number of amides is 1. The van der Waals surface area contributed by atoms with Crippen LogP contribution < -0.4 is 5.32 Å². The minimum atomic E-state index is -0.498. The summed E-state index contributed by atoms with van der Waals surface area (Å²) in [5.74, 6) is -0.863. The fourth-order valence-corrected chi connectivity index (χ4v) is 1.93. The van der Waals surface area contributed by atoms with Gasteiger partial charge in [0.2, 0.25) is 0 Å². The van der Waals surface area contributed by atoms with E-state index < -0.39 is 5.91 Å². The minimum absolute atomic E-state index is 0.0157. The summed E-state index contributed by atoms with van der Waals surface area (Å²) >= 11 is 11.6. The summed E-state index contributed by atoms with van der Waals surface area (Å²) in [6.07, 6.45) is 0. The van der Waals surface area contributed by atoms with Crippen LogP contribution in [-0.2, 0) is 0 Å². The molecule has 0 fully saturated rings. The zero-order valence-electron chi connectivity index (χ0n) is 10.1. The van der Waals surface area contributed by atoms with Gasteiger partial charge in [0, 0.05) is 17.7 Å². The van der Waals surface area contributed by atoms with E-state index in [0.717, 1.165) is 0 Å². The van der Waals surface area contributed by atoms with Crippen LogP contribution in [0.3, 0.4) is 0 Å². The van der Waals surface area contributed by atoms with Crippen molar-refractivity contribution in [2.45, 2.75) is 19.9 Å². The first-order valence-corrected chi connectivity index (χ1v) is 6.22. The van der Waals surface area contributed by atoms with E-state index >= 15 is 0 Å². The first-order chi connectivity index (χ1) is 8.36. The fraction of sp³-hybridized carbons (Fsp3) is 0.417. The molecule has 0 heterocycles. The maximum Gasteiger partial charge on any atom is 0.256 e. The van der Waals surface area contributed by atoms with Gasteiger partial charge < -0.3 is 15.5 Å². The maximum absolute atomic E-state index is 11.9. The predicted molar refractivity (Wildman–Crippen MR) is 71.3 cm³/mol. The molecule has 1 aromatic carbocycles. The summed E-state index contributed by atoms with van der Waals surface area (Å²) < 4.78 is 0. The fourth-order valence-electron chi connectivity index (χ4n) is 1.36. The largest absolute Gasteiger partial charge is 0.507 e. The normalized spacial score (nSPS) is 14.1. The second kappa shape index (κ2) is 6.27. The third kappa shape index (κ3) is 3.51. The number of halogens is 2. The molecule has 3 N–H and O–H groups in total. The SMILES string of the molecule is CC(CO)C(C)NC(=O)c1c(O)cc(Cl)cc1Cl. The lowest BCUT2D eigenvalue weighted by molar-refractivity contribution is 0.0914. The summed E-state index contributed by atoms with van der Waals surface area (Å²) in [6, 6.07) is 2.40. The Bertz CT molecular complexity index is 428. The van der Waals surface area contributed by atoms with Gasteiger partial charge in [-0.3, -0.25) is 4.79 Å². The minimum Gasteiger partial charge on any atom is -0.507 e. The van der Waals surface area contributed by atoms with Crippen LogP contribution in [0.1, 0.15) is 24.2 Å². The van der Waals surface area contributed by atoms with Gasteiger partial charge in [-0.25, -0.2) is 0 Å². The Balaban J connectivity index is 2.92. The number of nitrogens with one attached hydrogen (secondary N) is 1. The Morgan fingerprint density at radius 3 is 2.50 bits per heavy atom. The van der Waals surface area contributed by atoms with E-state index in [1.54, 1.807) is 13.8 Å². The number of benzene rings is 1. The van der Waals surface area contributed by atoms with E-state index in [4.69, 9.17) is 28.3 Å². The molecular formula is C12H15Cl2NO3. The zero-order valence-corrected chi connectivity index (χ0v) is 11.6. The monoisotopic (exact) mass is 291 g/mol. The highest BCUT2D eigenvalue weighted by Crippen LogP contribution is 2.30. The van der Waals surface area contributed by atoms with Crippen LogP contribution >= 0.6 is 23.2 Å². The molecule has 0 saturated carbocycles. The van der Waals surface area contributed by atoms with Crippen molar-refractivity contribution in [2.24, 2.45) is 5.92 Å². The summed E-state index contributed by atoms with van der Waals surface area (Å²) in [5.41, 5.74) is -0.0157. The molecule has 2 atom stereocenters. The van der Waals surface area contributed by atoms with Crippen LogP contribution in [0.15, 0.2) is 12.1 Å². The first-order valence-electron chi connectivity index (χ1n) is 5.46. The number of hydrogen-bond donors (Lipinski definition) is 3. The van der Waals surface area contributed by atoms with E-state index in [1.807, 2.05) is 0 Å². The summed E-state index contributed by atoms with van der Waals surface area (Å²) in [7, 11) is 0. The molecule has 0 aliphatic carbocycles. The van der Waals surface area contributed by atoms with Crippen LogP contribution in [0.25, 0.3) is 0 Å². The van der Waals surface area contributed by atoms with Crippen LogP contribution in [-0.4, -0.2) is 28.8 Å². The first kappa shape index (κ1) is 15.1. The van der Waals surface area contributed by atoms with Gasteiger partial charge in [-0.05, 0) is 25.0 Å². The van der Waals surface area contributed by atoms with Gasteiger partial charge in [0.05, 0.1) is 10.6 Å². The van der Waals surface area contributed by atoms with Gasteiger partial charge in [-0.2, -0.15) is 0 Å². The number of carbonyl (C=O) groups excluding carboxylic acids is 1. The van der Waals surface area contributed by atoms with E-state index in [-0.39, 0.29) is 39.9 Å². The maximum atomic E-state index is 11.9. The number of phenols is 1. The van der Waals surface area contributed by atoms with Crippen LogP contribution in [0.2, 0.25) is 10.0 Å². The molecular weight excluding hydrogens is 277 g/mol. The molecule has 6 heteroatoms. The van der Waals surface area contributed by atoms with Crippen molar-refractivity contribution >= 4 is 29.1 Å². The smallest absolute Gasteiger partial charge is 0.256 e. The lowest BCUT2D eigenvalue weighted by atomic mass is 10.0. The molecule has 0 aliphatic heterocycles. The molecule has 0 aromatic heterocycles. The number of hydrogen-bond acceptors (Lipinski definition) is 3. The van der Waals surface area contributed by atoms with Crippen LogP contribution in [0.4, 0.5) is 0 Å². The predicted octanol–water partition coefficient (Wildman–Crippen LogP) is 2.45. The molecule has 0 saturated heterocycles. The van der Waals surface area contributed by atoms with E-state index in [0.29, 0.717) is 0 Å². The Morgan fingerprint density at radius 1 is 1.39 bits per heavy atom. The Kier molecular flexibility index (Phi) is 5.26. The number of carbonyl (C=O) groups is 1. The zero-order chi connectivity index (χ0) is 13.9. The van der Waals surface area contributed by atoms with Crippen LogP contribution in [0.5, 0.6) is 5.75 Å². The van der Waals surface area contributed by atoms with Crippen molar-refractivity contribution in [1.29, 1.82) is 0 Å². The lowest BCUT2D eigenvalue weighted by Gasteiger charge is -2.19. The van der Waals surface area contributed by atoms with Crippen molar-refractivity contribution in [3.8, 4) is 5.75 Å². The van der Waals surface area contributed by atoms with Crippen molar-refractivity contribution in [2.75, 3.05) is 6.61 Å². The molecule has 0 spiro atoms. The highest BCUT2D eigenvalue weighted by atomic mass is 35.5. The van der Waals surface area contributed by atoms with Gasteiger partial charge in [-0.15, -0.1) is 0 Å². The summed E-state index contributed by atoms with van der Waals surface area (Å²) in [5, 5.41) is 21.7. The highest BCUT2D eigenvalue weighted by Gasteiger charge is 2.20. The molecule has 2 unspecified atom stereocenters. The summed E-state index contributed by atoms with van der Waals surface area (Å²) in [4.78, 5) is 11.9.